The van der Waals surface area contributed by atoms with E-state index in [2.05, 4.69) is 10.3 Å². The number of halogens is 2. The van der Waals surface area contributed by atoms with Gasteiger partial charge in [0.2, 0.25) is 0 Å². The normalized spacial score (nSPS) is 10.7. The van der Waals surface area contributed by atoms with Gasteiger partial charge in [0.1, 0.15) is 6.54 Å². The lowest BCUT2D eigenvalue weighted by Crippen LogP contribution is -2.28. The number of carbonyl (C=O) groups is 2. The van der Waals surface area contributed by atoms with Crippen molar-refractivity contribution in [1.82, 2.24) is 9.55 Å². The molecule has 0 fully saturated rings. The highest BCUT2D eigenvalue weighted by molar-refractivity contribution is 6.39. The van der Waals surface area contributed by atoms with Crippen molar-refractivity contribution in [3.63, 3.8) is 0 Å². The van der Waals surface area contributed by atoms with Gasteiger partial charge in [-0.3, -0.25) is 19.0 Å². The highest BCUT2D eigenvalue weighted by atomic mass is 35.5. The summed E-state index contributed by atoms with van der Waals surface area (Å²) in [6, 6.07) is 9.99. The van der Waals surface area contributed by atoms with Gasteiger partial charge in [0, 0.05) is 0 Å². The van der Waals surface area contributed by atoms with Gasteiger partial charge >= 0.3 is 5.97 Å². The first kappa shape index (κ1) is 19.9. The zero-order chi connectivity index (χ0) is 20.3. The second kappa shape index (κ2) is 8.41. The van der Waals surface area contributed by atoms with Crippen LogP contribution in [0.15, 0.2) is 47.5 Å². The van der Waals surface area contributed by atoms with E-state index in [4.69, 9.17) is 27.9 Å². The number of ether oxygens (including phenoxy) is 1. The molecule has 1 heterocycles. The second-order valence-electron chi connectivity index (χ2n) is 5.95. The van der Waals surface area contributed by atoms with Crippen molar-refractivity contribution in [3.8, 4) is 0 Å². The molecule has 1 amide bonds. The molecule has 0 unspecified atom stereocenters. The van der Waals surface area contributed by atoms with Crippen LogP contribution < -0.4 is 10.9 Å². The van der Waals surface area contributed by atoms with Gasteiger partial charge in [0.15, 0.2) is 6.61 Å². The fourth-order valence-electron chi connectivity index (χ4n) is 2.57. The number of fused-ring (bicyclic) bond motifs is 1. The van der Waals surface area contributed by atoms with E-state index in [-0.39, 0.29) is 27.8 Å². The molecule has 1 N–H and O–H groups in total. The predicted octanol–water partition coefficient (Wildman–Crippen LogP) is 3.19. The van der Waals surface area contributed by atoms with Gasteiger partial charge < -0.3 is 10.1 Å². The fraction of sp³-hybridized carbons (Fsp3) is 0.158. The quantitative estimate of drug-likeness (QED) is 0.641. The Balaban J connectivity index is 1.63. The zero-order valence-electron chi connectivity index (χ0n) is 14.7. The molecule has 0 spiro atoms. The molecule has 7 nitrogen and oxygen atoms in total. The number of amides is 1. The van der Waals surface area contributed by atoms with Crippen molar-refractivity contribution in [1.29, 1.82) is 0 Å². The summed E-state index contributed by atoms with van der Waals surface area (Å²) in [5.41, 5.74) is 1.31. The molecule has 3 aromatic rings. The molecule has 1 aromatic heterocycles. The standard InChI is InChI=1S/C19H15Cl2N3O4/c1-11-4-2-5-12-17(11)22-10-24(19(12)27)8-16(26)28-9-15(25)23-18-13(20)6-3-7-14(18)21/h2-7,10H,8-9H2,1H3,(H,23,25). The maximum Gasteiger partial charge on any atom is 0.326 e. The Morgan fingerprint density at radius 2 is 1.82 bits per heavy atom. The first-order chi connectivity index (χ1) is 13.4. The summed E-state index contributed by atoms with van der Waals surface area (Å²) in [5.74, 6) is -1.36. The number of aromatic nitrogens is 2. The minimum atomic E-state index is -0.753. The molecule has 2 aromatic carbocycles. The third-order valence-corrected chi connectivity index (χ3v) is 4.58. The van der Waals surface area contributed by atoms with E-state index in [1.165, 1.54) is 6.33 Å². The molecule has 0 aliphatic heterocycles. The van der Waals surface area contributed by atoms with Crippen LogP contribution in [0.5, 0.6) is 0 Å². The lowest BCUT2D eigenvalue weighted by Gasteiger charge is -2.10. The summed E-state index contributed by atoms with van der Waals surface area (Å²) in [6.07, 6.45) is 1.28. The van der Waals surface area contributed by atoms with E-state index in [1.54, 1.807) is 30.3 Å². The van der Waals surface area contributed by atoms with Gasteiger partial charge in [-0.1, -0.05) is 41.4 Å². The molecule has 0 aliphatic rings. The average Bonchev–Trinajstić information content (AvgIpc) is 2.66. The third kappa shape index (κ3) is 4.32. The summed E-state index contributed by atoms with van der Waals surface area (Å²) in [5, 5.41) is 3.40. The molecular weight excluding hydrogens is 405 g/mol. The van der Waals surface area contributed by atoms with Crippen LogP contribution in [0.3, 0.4) is 0 Å². The number of esters is 1. The van der Waals surface area contributed by atoms with Crippen molar-refractivity contribution < 1.29 is 14.3 Å². The first-order valence-electron chi connectivity index (χ1n) is 8.21. The molecule has 9 heteroatoms. The van der Waals surface area contributed by atoms with Crippen LogP contribution in [0.25, 0.3) is 10.9 Å². The molecule has 0 aliphatic carbocycles. The number of anilines is 1. The minimum Gasteiger partial charge on any atom is -0.454 e. The monoisotopic (exact) mass is 419 g/mol. The van der Waals surface area contributed by atoms with E-state index in [0.717, 1.165) is 10.1 Å². The number of para-hydroxylation sites is 2. The number of aryl methyl sites for hydroxylation is 1. The van der Waals surface area contributed by atoms with Gasteiger partial charge in [0.05, 0.1) is 33.0 Å². The van der Waals surface area contributed by atoms with Crippen LogP contribution >= 0.6 is 23.2 Å². The Morgan fingerprint density at radius 3 is 2.54 bits per heavy atom. The fourth-order valence-corrected chi connectivity index (χ4v) is 3.07. The number of nitrogens with one attached hydrogen (secondary N) is 1. The maximum absolute atomic E-state index is 12.5. The Morgan fingerprint density at radius 1 is 1.14 bits per heavy atom. The molecule has 0 saturated heterocycles. The number of rotatable bonds is 5. The lowest BCUT2D eigenvalue weighted by molar-refractivity contribution is -0.147. The number of hydrogen-bond donors (Lipinski definition) is 1. The molecule has 0 bridgehead atoms. The largest absolute Gasteiger partial charge is 0.454 e. The van der Waals surface area contributed by atoms with Crippen molar-refractivity contribution in [2.75, 3.05) is 11.9 Å². The topological polar surface area (TPSA) is 90.3 Å². The maximum atomic E-state index is 12.5. The van der Waals surface area contributed by atoms with Crippen LogP contribution in [-0.2, 0) is 20.9 Å². The van der Waals surface area contributed by atoms with Gasteiger partial charge in [-0.05, 0) is 30.7 Å². The lowest BCUT2D eigenvalue weighted by atomic mass is 10.1. The smallest absolute Gasteiger partial charge is 0.326 e. The van der Waals surface area contributed by atoms with E-state index in [0.29, 0.717) is 10.9 Å². The number of nitrogens with zero attached hydrogens (tertiary/aromatic N) is 2. The molecule has 3 rings (SSSR count). The Hall–Kier alpha value is -2.90. The molecule has 0 saturated carbocycles. The van der Waals surface area contributed by atoms with E-state index >= 15 is 0 Å². The summed E-state index contributed by atoms with van der Waals surface area (Å²) in [6.45, 7) is 0.933. The van der Waals surface area contributed by atoms with Crippen LogP contribution in [0.4, 0.5) is 5.69 Å². The Kier molecular flexibility index (Phi) is 5.96. The van der Waals surface area contributed by atoms with Crippen LogP contribution in [0, 0.1) is 6.92 Å². The molecule has 0 atom stereocenters. The number of hydrogen-bond acceptors (Lipinski definition) is 5. The highest BCUT2D eigenvalue weighted by Gasteiger charge is 2.14. The summed E-state index contributed by atoms with van der Waals surface area (Å²) < 4.78 is 6.06. The van der Waals surface area contributed by atoms with E-state index < -0.39 is 18.5 Å². The SMILES string of the molecule is Cc1cccc2c(=O)n(CC(=O)OCC(=O)Nc3c(Cl)cccc3Cl)cnc12. The molecule has 28 heavy (non-hydrogen) atoms. The number of benzene rings is 2. The minimum absolute atomic E-state index is 0.234. The summed E-state index contributed by atoms with van der Waals surface area (Å²) in [4.78, 5) is 40.7. The average molecular weight is 420 g/mol. The van der Waals surface area contributed by atoms with Gasteiger partial charge in [-0.25, -0.2) is 4.98 Å². The third-order valence-electron chi connectivity index (χ3n) is 3.95. The van der Waals surface area contributed by atoms with Crippen LogP contribution in [0.2, 0.25) is 10.0 Å². The Bertz CT molecular complexity index is 1110. The van der Waals surface area contributed by atoms with E-state index in [9.17, 15) is 14.4 Å². The zero-order valence-corrected chi connectivity index (χ0v) is 16.3. The van der Waals surface area contributed by atoms with Crippen molar-refractivity contribution in [2.24, 2.45) is 0 Å². The summed E-state index contributed by atoms with van der Waals surface area (Å²) in [7, 11) is 0. The molecular formula is C19H15Cl2N3O4. The summed E-state index contributed by atoms with van der Waals surface area (Å²) >= 11 is 11.9. The molecule has 0 radical (unpaired) electrons. The molecule has 144 valence electrons. The Labute approximate surface area is 169 Å². The second-order valence-corrected chi connectivity index (χ2v) is 6.77. The van der Waals surface area contributed by atoms with Crippen molar-refractivity contribution in [2.45, 2.75) is 13.5 Å². The highest BCUT2D eigenvalue weighted by Crippen LogP contribution is 2.29. The van der Waals surface area contributed by atoms with E-state index in [1.807, 2.05) is 13.0 Å². The van der Waals surface area contributed by atoms with Crippen LogP contribution in [0.1, 0.15) is 5.56 Å². The van der Waals surface area contributed by atoms with Crippen molar-refractivity contribution in [3.05, 3.63) is 68.7 Å². The van der Waals surface area contributed by atoms with Gasteiger partial charge in [0.25, 0.3) is 11.5 Å². The van der Waals surface area contributed by atoms with Crippen LogP contribution in [-0.4, -0.2) is 28.0 Å². The van der Waals surface area contributed by atoms with Crippen molar-refractivity contribution >= 4 is 51.7 Å². The van der Waals surface area contributed by atoms with Gasteiger partial charge in [-0.2, -0.15) is 0 Å². The first-order valence-corrected chi connectivity index (χ1v) is 8.96. The number of carbonyl (C=O) groups excluding carboxylic acids is 2. The van der Waals surface area contributed by atoms with Gasteiger partial charge in [-0.15, -0.1) is 0 Å². The predicted molar refractivity (Wildman–Crippen MR) is 107 cm³/mol.